The van der Waals surface area contributed by atoms with Crippen molar-refractivity contribution < 1.29 is 9.84 Å². The largest absolute Gasteiger partial charge is 0.497 e. The molecule has 1 fully saturated rings. The van der Waals surface area contributed by atoms with E-state index in [4.69, 9.17) is 4.74 Å². The van der Waals surface area contributed by atoms with E-state index < -0.39 is 0 Å². The van der Waals surface area contributed by atoms with E-state index in [1.54, 1.807) is 7.11 Å². The second kappa shape index (κ2) is 6.15. The molecule has 3 nitrogen and oxygen atoms in total. The fourth-order valence-corrected chi connectivity index (χ4v) is 3.78. The highest BCUT2D eigenvalue weighted by Gasteiger charge is 2.29. The number of ether oxygens (including phenoxy) is 1. The minimum atomic E-state index is 0.328. The van der Waals surface area contributed by atoms with Crippen LogP contribution < -0.4 is 10.1 Å². The average Bonchev–Trinajstić information content (AvgIpc) is 2.93. The molecule has 20 heavy (non-hydrogen) atoms. The van der Waals surface area contributed by atoms with Gasteiger partial charge >= 0.3 is 0 Å². The van der Waals surface area contributed by atoms with Crippen LogP contribution in [0.4, 0.5) is 0 Å². The van der Waals surface area contributed by atoms with E-state index in [0.29, 0.717) is 24.6 Å². The summed E-state index contributed by atoms with van der Waals surface area (Å²) in [5.74, 6) is 1.42. The van der Waals surface area contributed by atoms with Gasteiger partial charge in [-0.05, 0) is 61.3 Å². The van der Waals surface area contributed by atoms with Crippen LogP contribution in [-0.4, -0.2) is 30.9 Å². The summed E-state index contributed by atoms with van der Waals surface area (Å²) in [4.78, 5) is 0. The number of aryl methyl sites for hydroxylation is 1. The summed E-state index contributed by atoms with van der Waals surface area (Å²) < 4.78 is 5.33. The maximum atomic E-state index is 9.44. The number of benzene rings is 1. The molecule has 110 valence electrons. The van der Waals surface area contributed by atoms with Crippen molar-refractivity contribution in [1.82, 2.24) is 5.32 Å². The number of hydrogen-bond acceptors (Lipinski definition) is 3. The second-order valence-corrected chi connectivity index (χ2v) is 6.22. The van der Waals surface area contributed by atoms with E-state index in [0.717, 1.165) is 18.6 Å². The molecule has 2 N–H and O–H groups in total. The standard InChI is InChI=1S/C17H25NO2/c1-20-16-8-6-12-5-7-15(9-14(12)10-16)18-17-4-2-3-13(17)11-19/h6,8,10,13,15,17-19H,2-5,7,9,11H2,1H3/t13-,15-,17-/m1/s1. The average molecular weight is 275 g/mol. The SMILES string of the molecule is COc1ccc2c(c1)C[C@H](N[C@@H]1CCC[C@@H]1CO)CC2. The Morgan fingerprint density at radius 2 is 2.15 bits per heavy atom. The van der Waals surface area contributed by atoms with Crippen molar-refractivity contribution in [3.8, 4) is 5.75 Å². The summed E-state index contributed by atoms with van der Waals surface area (Å²) in [6, 6.07) is 7.51. The van der Waals surface area contributed by atoms with Crippen molar-refractivity contribution >= 4 is 0 Å². The first-order valence-electron chi connectivity index (χ1n) is 7.83. The normalized spacial score (nSPS) is 29.2. The van der Waals surface area contributed by atoms with E-state index in [1.807, 2.05) is 0 Å². The molecule has 0 aliphatic heterocycles. The van der Waals surface area contributed by atoms with Gasteiger partial charge in [-0.1, -0.05) is 12.5 Å². The fourth-order valence-electron chi connectivity index (χ4n) is 3.78. The Hall–Kier alpha value is -1.06. The van der Waals surface area contributed by atoms with Crippen molar-refractivity contribution in [2.45, 2.75) is 50.6 Å². The van der Waals surface area contributed by atoms with Crippen LogP contribution in [0.3, 0.4) is 0 Å². The second-order valence-electron chi connectivity index (χ2n) is 6.22. The highest BCUT2D eigenvalue weighted by Crippen LogP contribution is 2.29. The summed E-state index contributed by atoms with van der Waals surface area (Å²) in [5, 5.41) is 13.2. The van der Waals surface area contributed by atoms with E-state index in [9.17, 15) is 5.11 Å². The Morgan fingerprint density at radius 3 is 2.95 bits per heavy atom. The first-order chi connectivity index (χ1) is 9.80. The highest BCUT2D eigenvalue weighted by atomic mass is 16.5. The van der Waals surface area contributed by atoms with Gasteiger partial charge in [0, 0.05) is 18.7 Å². The van der Waals surface area contributed by atoms with Gasteiger partial charge < -0.3 is 15.2 Å². The van der Waals surface area contributed by atoms with E-state index in [2.05, 4.69) is 23.5 Å². The van der Waals surface area contributed by atoms with Gasteiger partial charge in [-0.3, -0.25) is 0 Å². The summed E-state index contributed by atoms with van der Waals surface area (Å²) in [7, 11) is 1.73. The van der Waals surface area contributed by atoms with Gasteiger partial charge in [0.1, 0.15) is 5.75 Å². The van der Waals surface area contributed by atoms with Crippen molar-refractivity contribution in [3.63, 3.8) is 0 Å². The molecule has 0 heterocycles. The number of aliphatic hydroxyl groups excluding tert-OH is 1. The molecule has 1 aromatic rings. The number of methoxy groups -OCH3 is 1. The van der Waals surface area contributed by atoms with Crippen LogP contribution in [0.1, 0.15) is 36.8 Å². The van der Waals surface area contributed by atoms with Gasteiger partial charge in [-0.25, -0.2) is 0 Å². The third-order valence-electron chi connectivity index (χ3n) is 4.99. The van der Waals surface area contributed by atoms with Crippen molar-refractivity contribution in [1.29, 1.82) is 0 Å². The van der Waals surface area contributed by atoms with Crippen molar-refractivity contribution in [2.24, 2.45) is 5.92 Å². The molecule has 3 rings (SSSR count). The lowest BCUT2D eigenvalue weighted by Crippen LogP contribution is -2.44. The van der Waals surface area contributed by atoms with Gasteiger partial charge in [-0.2, -0.15) is 0 Å². The minimum absolute atomic E-state index is 0.328. The van der Waals surface area contributed by atoms with Gasteiger partial charge in [-0.15, -0.1) is 0 Å². The first-order valence-corrected chi connectivity index (χ1v) is 7.83. The molecule has 1 aromatic carbocycles. The summed E-state index contributed by atoms with van der Waals surface area (Å²) in [6.45, 7) is 0.328. The van der Waals surface area contributed by atoms with Crippen LogP contribution in [0.25, 0.3) is 0 Å². The Kier molecular flexibility index (Phi) is 4.27. The van der Waals surface area contributed by atoms with Crippen molar-refractivity contribution in [2.75, 3.05) is 13.7 Å². The smallest absolute Gasteiger partial charge is 0.119 e. The lowest BCUT2D eigenvalue weighted by Gasteiger charge is -2.30. The number of rotatable bonds is 4. The Balaban J connectivity index is 1.65. The molecule has 0 amide bonds. The third kappa shape index (κ3) is 2.84. The van der Waals surface area contributed by atoms with Crippen LogP contribution >= 0.6 is 0 Å². The molecule has 3 atom stereocenters. The maximum Gasteiger partial charge on any atom is 0.119 e. The van der Waals surface area contributed by atoms with E-state index in [-0.39, 0.29) is 0 Å². The molecule has 0 saturated heterocycles. The molecule has 1 saturated carbocycles. The van der Waals surface area contributed by atoms with Crippen LogP contribution in [-0.2, 0) is 12.8 Å². The molecule has 2 aliphatic carbocycles. The quantitative estimate of drug-likeness (QED) is 0.886. The zero-order valence-corrected chi connectivity index (χ0v) is 12.3. The van der Waals surface area contributed by atoms with Gasteiger partial charge in [0.05, 0.1) is 7.11 Å². The Bertz CT molecular complexity index is 460. The lowest BCUT2D eigenvalue weighted by atomic mass is 9.87. The van der Waals surface area contributed by atoms with E-state index >= 15 is 0 Å². The number of fused-ring (bicyclic) bond motifs is 1. The topological polar surface area (TPSA) is 41.5 Å². The minimum Gasteiger partial charge on any atom is -0.497 e. The van der Waals surface area contributed by atoms with Gasteiger partial charge in [0.2, 0.25) is 0 Å². The molecular weight excluding hydrogens is 250 g/mol. The van der Waals surface area contributed by atoms with Crippen LogP contribution in [0, 0.1) is 5.92 Å². The molecule has 2 aliphatic rings. The van der Waals surface area contributed by atoms with E-state index in [1.165, 1.54) is 36.8 Å². The Morgan fingerprint density at radius 1 is 1.25 bits per heavy atom. The summed E-state index contributed by atoms with van der Waals surface area (Å²) >= 11 is 0. The number of nitrogens with one attached hydrogen (secondary N) is 1. The highest BCUT2D eigenvalue weighted by molar-refractivity contribution is 5.37. The van der Waals surface area contributed by atoms with Crippen LogP contribution in [0.5, 0.6) is 5.75 Å². The molecule has 0 radical (unpaired) electrons. The zero-order chi connectivity index (χ0) is 13.9. The summed E-state index contributed by atoms with van der Waals surface area (Å²) in [5.41, 5.74) is 2.89. The third-order valence-corrected chi connectivity index (χ3v) is 4.99. The zero-order valence-electron chi connectivity index (χ0n) is 12.3. The first kappa shape index (κ1) is 13.9. The maximum absolute atomic E-state index is 9.44. The fraction of sp³-hybridized carbons (Fsp3) is 0.647. The molecule has 0 aromatic heterocycles. The predicted octanol–water partition coefficient (Wildman–Crippen LogP) is 2.30. The van der Waals surface area contributed by atoms with Crippen LogP contribution in [0.15, 0.2) is 18.2 Å². The molecule has 0 spiro atoms. The van der Waals surface area contributed by atoms with Crippen molar-refractivity contribution in [3.05, 3.63) is 29.3 Å². The lowest BCUT2D eigenvalue weighted by molar-refractivity contribution is 0.197. The summed E-state index contributed by atoms with van der Waals surface area (Å²) in [6.07, 6.45) is 7.07. The molecule has 0 bridgehead atoms. The molecule has 3 heteroatoms. The number of hydrogen-bond donors (Lipinski definition) is 2. The molecular formula is C17H25NO2. The van der Waals surface area contributed by atoms with Gasteiger partial charge in [0.15, 0.2) is 0 Å². The Labute approximate surface area is 121 Å². The van der Waals surface area contributed by atoms with Gasteiger partial charge in [0.25, 0.3) is 0 Å². The monoisotopic (exact) mass is 275 g/mol. The predicted molar refractivity (Wildman–Crippen MR) is 80.2 cm³/mol. The molecule has 0 unspecified atom stereocenters. The number of aliphatic hydroxyl groups is 1. The van der Waals surface area contributed by atoms with Crippen LogP contribution in [0.2, 0.25) is 0 Å².